The van der Waals surface area contributed by atoms with E-state index in [0.717, 1.165) is 16.7 Å². The summed E-state index contributed by atoms with van der Waals surface area (Å²) in [6.07, 6.45) is 0.363. The minimum Gasteiger partial charge on any atom is -0.355 e. The van der Waals surface area contributed by atoms with E-state index in [9.17, 15) is 14.0 Å². The third-order valence-corrected chi connectivity index (χ3v) is 3.63. The predicted octanol–water partition coefficient (Wildman–Crippen LogP) is 3.13. The largest absolute Gasteiger partial charge is 0.355 e. The number of benzene rings is 2. The van der Waals surface area contributed by atoms with Crippen molar-refractivity contribution in [1.82, 2.24) is 5.32 Å². The highest BCUT2D eigenvalue weighted by Gasteiger charge is 2.10. The van der Waals surface area contributed by atoms with Gasteiger partial charge in [-0.15, -0.1) is 0 Å². The molecule has 2 aromatic carbocycles. The van der Waals surface area contributed by atoms with Crippen LogP contribution in [-0.2, 0) is 16.0 Å². The molecule has 2 rings (SSSR count). The van der Waals surface area contributed by atoms with Crippen LogP contribution in [0.2, 0.25) is 0 Å². The lowest BCUT2D eigenvalue weighted by atomic mass is 10.1. The summed E-state index contributed by atoms with van der Waals surface area (Å²) < 4.78 is 12.8. The Bertz CT molecular complexity index is 727. The molecule has 0 aliphatic rings. The number of hydrogen-bond donors (Lipinski definition) is 2. The van der Waals surface area contributed by atoms with Crippen LogP contribution in [0, 0.1) is 19.7 Å². The van der Waals surface area contributed by atoms with Gasteiger partial charge in [-0.1, -0.05) is 29.8 Å². The van der Waals surface area contributed by atoms with Crippen LogP contribution in [0.1, 0.15) is 23.1 Å². The fraction of sp³-hybridized carbons (Fsp3) is 0.263. The molecular formula is C19H21FN2O2. The smallest absolute Gasteiger partial charge is 0.233 e. The molecule has 0 atom stereocenters. The predicted molar refractivity (Wildman–Crippen MR) is 92.3 cm³/mol. The van der Waals surface area contributed by atoms with Gasteiger partial charge in [0.25, 0.3) is 0 Å². The maximum atomic E-state index is 12.8. The fourth-order valence-electron chi connectivity index (χ4n) is 2.35. The van der Waals surface area contributed by atoms with E-state index in [4.69, 9.17) is 0 Å². The Morgan fingerprint density at radius 2 is 1.71 bits per heavy atom. The van der Waals surface area contributed by atoms with Crippen molar-refractivity contribution in [2.24, 2.45) is 0 Å². The van der Waals surface area contributed by atoms with E-state index < -0.39 is 0 Å². The van der Waals surface area contributed by atoms with Crippen LogP contribution in [-0.4, -0.2) is 18.4 Å². The van der Waals surface area contributed by atoms with Crippen molar-refractivity contribution >= 4 is 17.5 Å². The molecule has 0 aliphatic carbocycles. The molecule has 0 spiro atoms. The van der Waals surface area contributed by atoms with Crippen molar-refractivity contribution in [3.05, 3.63) is 65.0 Å². The highest BCUT2D eigenvalue weighted by Crippen LogP contribution is 2.16. The second-order valence-corrected chi connectivity index (χ2v) is 5.77. The number of carbonyl (C=O) groups is 2. The van der Waals surface area contributed by atoms with E-state index in [1.807, 2.05) is 32.0 Å². The van der Waals surface area contributed by atoms with Gasteiger partial charge in [-0.2, -0.15) is 0 Å². The third kappa shape index (κ3) is 5.50. The van der Waals surface area contributed by atoms with Gasteiger partial charge in [-0.05, 0) is 49.6 Å². The molecule has 0 fully saturated rings. The number of hydrogen-bond acceptors (Lipinski definition) is 2. The number of anilines is 1. The van der Waals surface area contributed by atoms with Gasteiger partial charge in [-0.3, -0.25) is 9.59 Å². The second kappa shape index (κ2) is 8.24. The monoisotopic (exact) mass is 328 g/mol. The van der Waals surface area contributed by atoms with Crippen molar-refractivity contribution in [3.63, 3.8) is 0 Å². The third-order valence-electron chi connectivity index (χ3n) is 3.63. The topological polar surface area (TPSA) is 58.2 Å². The summed E-state index contributed by atoms with van der Waals surface area (Å²) in [5, 5.41) is 5.43. The SMILES string of the molecule is Cc1ccc(NC(=O)CC(=O)NCCc2ccc(F)cc2)c(C)c1. The number of rotatable bonds is 6. The molecule has 0 heterocycles. The zero-order valence-corrected chi connectivity index (χ0v) is 13.9. The molecule has 126 valence electrons. The molecule has 0 aromatic heterocycles. The molecule has 24 heavy (non-hydrogen) atoms. The minimum atomic E-state index is -0.346. The Labute approximate surface area is 141 Å². The average Bonchev–Trinajstić information content (AvgIpc) is 2.52. The lowest BCUT2D eigenvalue weighted by Crippen LogP contribution is -2.29. The first-order valence-electron chi connectivity index (χ1n) is 7.82. The summed E-state index contributed by atoms with van der Waals surface area (Å²) in [5.41, 5.74) is 3.71. The van der Waals surface area contributed by atoms with Gasteiger partial charge in [0.2, 0.25) is 11.8 Å². The molecule has 0 radical (unpaired) electrons. The van der Waals surface area contributed by atoms with Crippen LogP contribution in [0.15, 0.2) is 42.5 Å². The standard InChI is InChI=1S/C19H21FN2O2/c1-13-3-8-17(14(2)11-13)22-19(24)12-18(23)21-10-9-15-4-6-16(20)7-5-15/h3-8,11H,9-10,12H2,1-2H3,(H,21,23)(H,22,24). The Kier molecular flexibility index (Phi) is 6.07. The maximum absolute atomic E-state index is 12.8. The van der Waals surface area contributed by atoms with Crippen molar-refractivity contribution in [1.29, 1.82) is 0 Å². The van der Waals surface area contributed by atoms with Crippen LogP contribution in [0.5, 0.6) is 0 Å². The number of halogens is 1. The molecule has 2 N–H and O–H groups in total. The molecule has 0 saturated heterocycles. The van der Waals surface area contributed by atoms with Crippen molar-refractivity contribution in [2.75, 3.05) is 11.9 Å². The summed E-state index contributed by atoms with van der Waals surface area (Å²) in [5.74, 6) is -0.966. The van der Waals surface area contributed by atoms with E-state index in [2.05, 4.69) is 10.6 Å². The molecule has 0 unspecified atom stereocenters. The van der Waals surface area contributed by atoms with E-state index in [1.54, 1.807) is 12.1 Å². The summed E-state index contributed by atoms with van der Waals surface area (Å²) >= 11 is 0. The Hall–Kier alpha value is -2.69. The summed E-state index contributed by atoms with van der Waals surface area (Å²) in [6, 6.07) is 11.8. The maximum Gasteiger partial charge on any atom is 0.233 e. The Balaban J connectivity index is 1.75. The van der Waals surface area contributed by atoms with Gasteiger partial charge in [-0.25, -0.2) is 4.39 Å². The van der Waals surface area contributed by atoms with Gasteiger partial charge >= 0.3 is 0 Å². The lowest BCUT2D eigenvalue weighted by Gasteiger charge is -2.09. The Morgan fingerprint density at radius 3 is 2.38 bits per heavy atom. The normalized spacial score (nSPS) is 10.3. The molecule has 5 heteroatoms. The molecule has 2 amide bonds. The van der Waals surface area contributed by atoms with E-state index in [-0.39, 0.29) is 24.1 Å². The summed E-state index contributed by atoms with van der Waals surface area (Å²) in [6.45, 7) is 4.29. The van der Waals surface area contributed by atoms with Crippen LogP contribution in [0.25, 0.3) is 0 Å². The van der Waals surface area contributed by atoms with Gasteiger partial charge in [0.05, 0.1) is 0 Å². The van der Waals surface area contributed by atoms with Gasteiger partial charge in [0.1, 0.15) is 12.2 Å². The first kappa shape index (κ1) is 17.7. The quantitative estimate of drug-likeness (QED) is 0.801. The second-order valence-electron chi connectivity index (χ2n) is 5.77. The molecule has 0 bridgehead atoms. The molecular weight excluding hydrogens is 307 g/mol. The van der Waals surface area contributed by atoms with Crippen molar-refractivity contribution in [2.45, 2.75) is 26.7 Å². The number of aryl methyl sites for hydroxylation is 2. The van der Waals surface area contributed by atoms with Crippen molar-refractivity contribution in [3.8, 4) is 0 Å². The minimum absolute atomic E-state index is 0.225. The lowest BCUT2D eigenvalue weighted by molar-refractivity contribution is -0.126. The Morgan fingerprint density at radius 1 is 1.00 bits per heavy atom. The van der Waals surface area contributed by atoms with Crippen LogP contribution >= 0.6 is 0 Å². The van der Waals surface area contributed by atoms with Crippen LogP contribution in [0.3, 0.4) is 0 Å². The number of carbonyl (C=O) groups excluding carboxylic acids is 2. The zero-order valence-electron chi connectivity index (χ0n) is 13.9. The molecule has 4 nitrogen and oxygen atoms in total. The summed E-state index contributed by atoms with van der Waals surface area (Å²) in [7, 11) is 0. The molecule has 0 saturated carbocycles. The number of amides is 2. The van der Waals surface area contributed by atoms with E-state index >= 15 is 0 Å². The highest BCUT2D eigenvalue weighted by molar-refractivity contribution is 6.03. The zero-order chi connectivity index (χ0) is 17.5. The first-order valence-corrected chi connectivity index (χ1v) is 7.82. The first-order chi connectivity index (χ1) is 11.4. The van der Waals surface area contributed by atoms with Crippen molar-refractivity contribution < 1.29 is 14.0 Å². The molecule has 2 aromatic rings. The average molecular weight is 328 g/mol. The van der Waals surface area contributed by atoms with Crippen LogP contribution < -0.4 is 10.6 Å². The van der Waals surface area contributed by atoms with Gasteiger partial charge < -0.3 is 10.6 Å². The van der Waals surface area contributed by atoms with Gasteiger partial charge in [0.15, 0.2) is 0 Å². The van der Waals surface area contributed by atoms with E-state index in [1.165, 1.54) is 12.1 Å². The number of nitrogens with one attached hydrogen (secondary N) is 2. The molecule has 0 aliphatic heterocycles. The fourth-order valence-corrected chi connectivity index (χ4v) is 2.35. The van der Waals surface area contributed by atoms with Gasteiger partial charge in [0, 0.05) is 12.2 Å². The van der Waals surface area contributed by atoms with E-state index in [0.29, 0.717) is 18.7 Å². The summed E-state index contributed by atoms with van der Waals surface area (Å²) in [4.78, 5) is 23.7. The van der Waals surface area contributed by atoms with Crippen LogP contribution in [0.4, 0.5) is 10.1 Å². The highest BCUT2D eigenvalue weighted by atomic mass is 19.1.